The number of nitro benzene ring substituents is 1. The molecule has 0 spiro atoms. The van der Waals surface area contributed by atoms with Crippen LogP contribution in [0.2, 0.25) is 5.02 Å². The quantitative estimate of drug-likeness (QED) is 0.460. The van der Waals surface area contributed by atoms with Crippen LogP contribution >= 0.6 is 11.6 Å². The Morgan fingerprint density at radius 2 is 1.89 bits per heavy atom. The highest BCUT2D eigenvalue weighted by Gasteiger charge is 2.32. The van der Waals surface area contributed by atoms with Crippen molar-refractivity contribution in [2.75, 3.05) is 0 Å². The number of ether oxygens (including phenoxy) is 1. The van der Waals surface area contributed by atoms with Crippen LogP contribution < -0.4 is 5.32 Å². The van der Waals surface area contributed by atoms with Crippen LogP contribution in [-0.4, -0.2) is 22.8 Å². The molecule has 2 aromatic rings. The number of carbonyl (C=O) groups excluding carboxylic acids is 2. The van der Waals surface area contributed by atoms with Gasteiger partial charge in [-0.05, 0) is 37.1 Å². The van der Waals surface area contributed by atoms with Crippen molar-refractivity contribution in [3.8, 4) is 0 Å². The molecular weight excluding hydrogens is 379 g/mol. The van der Waals surface area contributed by atoms with E-state index >= 15 is 0 Å². The molecule has 3 rings (SSSR count). The lowest BCUT2D eigenvalue weighted by Crippen LogP contribution is -2.33. The van der Waals surface area contributed by atoms with E-state index in [0.717, 1.165) is 37.1 Å². The Kier molecular flexibility index (Phi) is 5.36. The monoisotopic (exact) mass is 392 g/mol. The molecule has 2 aromatic carbocycles. The smallest absolute Gasteiger partial charge is 0.346 e. The highest BCUT2D eigenvalue weighted by atomic mass is 35.5. The van der Waals surface area contributed by atoms with Crippen LogP contribution in [0.25, 0.3) is 0 Å². The molecule has 1 fully saturated rings. The van der Waals surface area contributed by atoms with Gasteiger partial charge < -0.3 is 10.1 Å². The first-order valence-corrected chi connectivity index (χ1v) is 8.43. The van der Waals surface area contributed by atoms with Crippen LogP contribution in [0, 0.1) is 15.9 Å². The van der Waals surface area contributed by atoms with Gasteiger partial charge in [-0.15, -0.1) is 0 Å². The number of hydrogen-bond donors (Lipinski definition) is 1. The molecule has 0 radical (unpaired) electrons. The van der Waals surface area contributed by atoms with Crippen molar-refractivity contribution in [2.45, 2.75) is 25.0 Å². The zero-order valence-corrected chi connectivity index (χ0v) is 14.6. The van der Waals surface area contributed by atoms with Gasteiger partial charge in [-0.1, -0.05) is 23.7 Å². The van der Waals surface area contributed by atoms with Gasteiger partial charge in [-0.3, -0.25) is 14.9 Å². The highest BCUT2D eigenvalue weighted by Crippen LogP contribution is 2.28. The molecule has 7 nitrogen and oxygen atoms in total. The lowest BCUT2D eigenvalue weighted by molar-refractivity contribution is -0.385. The lowest BCUT2D eigenvalue weighted by atomic mass is 10.1. The standard InChI is InChI=1S/C18H14ClFN2O5/c19-11-3-8-14(15(9-11)22(25)26)18(24)27-16(17(23)21-13-6-7-13)10-1-4-12(20)5-2-10/h1-5,8-9,13,16H,6-7H2,(H,21,23). The molecule has 140 valence electrons. The Morgan fingerprint density at radius 1 is 1.22 bits per heavy atom. The maximum absolute atomic E-state index is 13.2. The van der Waals surface area contributed by atoms with E-state index in [1.807, 2.05) is 0 Å². The fourth-order valence-electron chi connectivity index (χ4n) is 2.41. The number of nitro groups is 1. The van der Waals surface area contributed by atoms with E-state index in [2.05, 4.69) is 5.32 Å². The van der Waals surface area contributed by atoms with Gasteiger partial charge in [0.25, 0.3) is 11.6 Å². The van der Waals surface area contributed by atoms with Crippen LogP contribution in [0.3, 0.4) is 0 Å². The average molecular weight is 393 g/mol. The third kappa shape index (κ3) is 4.59. The van der Waals surface area contributed by atoms with E-state index < -0.39 is 34.4 Å². The third-order valence-electron chi connectivity index (χ3n) is 3.94. The number of benzene rings is 2. The zero-order valence-electron chi connectivity index (χ0n) is 13.9. The largest absolute Gasteiger partial charge is 0.444 e. The van der Waals surface area contributed by atoms with Crippen molar-refractivity contribution < 1.29 is 23.6 Å². The number of carbonyl (C=O) groups is 2. The molecule has 0 aromatic heterocycles. The number of amides is 1. The summed E-state index contributed by atoms with van der Waals surface area (Å²) >= 11 is 5.74. The molecule has 1 aliphatic rings. The molecule has 27 heavy (non-hydrogen) atoms. The van der Waals surface area contributed by atoms with E-state index in [9.17, 15) is 24.1 Å². The first-order chi connectivity index (χ1) is 12.8. The number of halogens is 2. The Hall–Kier alpha value is -3.00. The molecule has 0 heterocycles. The fourth-order valence-corrected chi connectivity index (χ4v) is 2.58. The van der Waals surface area contributed by atoms with Gasteiger partial charge in [0.2, 0.25) is 6.10 Å². The Balaban J connectivity index is 1.89. The molecule has 1 saturated carbocycles. The third-order valence-corrected chi connectivity index (χ3v) is 4.17. The number of hydrogen-bond acceptors (Lipinski definition) is 5. The maximum atomic E-state index is 13.2. The second kappa shape index (κ2) is 7.71. The summed E-state index contributed by atoms with van der Waals surface area (Å²) in [7, 11) is 0. The van der Waals surface area contributed by atoms with Gasteiger partial charge in [0.1, 0.15) is 11.4 Å². The minimum absolute atomic E-state index is 0.00372. The van der Waals surface area contributed by atoms with Gasteiger partial charge in [0.05, 0.1) is 4.92 Å². The molecule has 1 unspecified atom stereocenters. The SMILES string of the molecule is O=C(OC(C(=O)NC1CC1)c1ccc(F)cc1)c1ccc(Cl)cc1[N+](=O)[O-]. The zero-order chi connectivity index (χ0) is 19.6. The van der Waals surface area contributed by atoms with Crippen LogP contribution in [0.1, 0.15) is 34.9 Å². The molecule has 1 N–H and O–H groups in total. The van der Waals surface area contributed by atoms with Crippen LogP contribution in [0.4, 0.5) is 10.1 Å². The van der Waals surface area contributed by atoms with Crippen molar-refractivity contribution in [1.29, 1.82) is 0 Å². The van der Waals surface area contributed by atoms with Crippen molar-refractivity contribution >= 4 is 29.2 Å². The maximum Gasteiger partial charge on any atom is 0.346 e. The Labute approximate surface area is 158 Å². The summed E-state index contributed by atoms with van der Waals surface area (Å²) < 4.78 is 18.4. The van der Waals surface area contributed by atoms with Crippen molar-refractivity contribution in [3.05, 3.63) is 74.5 Å². The first-order valence-electron chi connectivity index (χ1n) is 8.06. The summed E-state index contributed by atoms with van der Waals surface area (Å²) in [6.45, 7) is 0. The minimum atomic E-state index is -1.37. The second-order valence-corrected chi connectivity index (χ2v) is 6.47. The summed E-state index contributed by atoms with van der Waals surface area (Å²) in [4.78, 5) is 35.4. The molecule has 0 aliphatic heterocycles. The first kappa shape index (κ1) is 18.8. The average Bonchev–Trinajstić information content (AvgIpc) is 3.44. The number of rotatable bonds is 6. The molecule has 9 heteroatoms. The molecule has 1 atom stereocenters. The second-order valence-electron chi connectivity index (χ2n) is 6.04. The van der Waals surface area contributed by atoms with E-state index in [4.69, 9.17) is 16.3 Å². The summed E-state index contributed by atoms with van der Waals surface area (Å²) in [5.41, 5.74) is -0.622. The predicted octanol–water partition coefficient (Wildman–Crippen LogP) is 3.56. The van der Waals surface area contributed by atoms with Crippen molar-refractivity contribution in [2.24, 2.45) is 0 Å². The topological polar surface area (TPSA) is 98.5 Å². The fraction of sp³-hybridized carbons (Fsp3) is 0.222. The summed E-state index contributed by atoms with van der Waals surface area (Å²) in [5, 5.41) is 14.0. The molecule has 1 amide bonds. The van der Waals surface area contributed by atoms with Crippen LogP contribution in [0.15, 0.2) is 42.5 Å². The van der Waals surface area contributed by atoms with E-state index in [1.165, 1.54) is 18.2 Å². The number of nitrogens with zero attached hydrogens (tertiary/aromatic N) is 1. The Morgan fingerprint density at radius 3 is 2.48 bits per heavy atom. The summed E-state index contributed by atoms with van der Waals surface area (Å²) in [6, 6.07) is 8.38. The normalized spacial score (nSPS) is 14.3. The number of esters is 1. The Bertz CT molecular complexity index is 899. The number of nitrogens with one attached hydrogen (secondary N) is 1. The van der Waals surface area contributed by atoms with Crippen molar-refractivity contribution in [3.63, 3.8) is 0 Å². The van der Waals surface area contributed by atoms with Gasteiger partial charge in [0, 0.05) is 22.7 Å². The van der Waals surface area contributed by atoms with Gasteiger partial charge in [0.15, 0.2) is 0 Å². The lowest BCUT2D eigenvalue weighted by Gasteiger charge is -2.18. The van der Waals surface area contributed by atoms with E-state index in [1.54, 1.807) is 0 Å². The molecular formula is C18H14ClFN2O5. The molecule has 1 aliphatic carbocycles. The summed E-state index contributed by atoms with van der Waals surface area (Å²) in [6.07, 6.45) is 0.269. The van der Waals surface area contributed by atoms with E-state index in [0.29, 0.717) is 0 Å². The van der Waals surface area contributed by atoms with Crippen LogP contribution in [-0.2, 0) is 9.53 Å². The predicted molar refractivity (Wildman–Crippen MR) is 93.8 cm³/mol. The van der Waals surface area contributed by atoms with Gasteiger partial charge in [-0.25, -0.2) is 9.18 Å². The minimum Gasteiger partial charge on any atom is -0.444 e. The van der Waals surface area contributed by atoms with Gasteiger partial charge >= 0.3 is 5.97 Å². The van der Waals surface area contributed by atoms with E-state index in [-0.39, 0.29) is 22.2 Å². The van der Waals surface area contributed by atoms with Crippen molar-refractivity contribution in [1.82, 2.24) is 5.32 Å². The molecule has 0 saturated heterocycles. The van der Waals surface area contributed by atoms with Gasteiger partial charge in [-0.2, -0.15) is 0 Å². The molecule has 0 bridgehead atoms. The summed E-state index contributed by atoms with van der Waals surface area (Å²) in [5.74, 6) is -2.15. The highest BCUT2D eigenvalue weighted by molar-refractivity contribution is 6.31. The van der Waals surface area contributed by atoms with Crippen LogP contribution in [0.5, 0.6) is 0 Å².